The van der Waals surface area contributed by atoms with E-state index in [1.54, 1.807) is 12.1 Å². The van der Waals surface area contributed by atoms with E-state index in [4.69, 9.17) is 26.8 Å². The van der Waals surface area contributed by atoms with Crippen LogP contribution in [-0.4, -0.2) is 25.7 Å². The summed E-state index contributed by atoms with van der Waals surface area (Å²) in [6.45, 7) is 2.24. The predicted molar refractivity (Wildman–Crippen MR) is 73.6 cm³/mol. The number of hydrogen-bond acceptors (Lipinski definition) is 3. The number of hydrogen-bond donors (Lipinski definition) is 1. The molecule has 0 atom stereocenters. The normalized spacial score (nSPS) is 16.3. The quantitative estimate of drug-likeness (QED) is 0.903. The Morgan fingerprint density at radius 3 is 2.84 bits per heavy atom. The first-order valence-corrected chi connectivity index (χ1v) is 6.84. The van der Waals surface area contributed by atoms with Crippen molar-refractivity contribution in [1.82, 2.24) is 0 Å². The summed E-state index contributed by atoms with van der Waals surface area (Å²) in [6.07, 6.45) is 3.11. The molecule has 1 fully saturated rings. The fourth-order valence-electron chi connectivity index (χ4n) is 2.19. The predicted octanol–water partition coefficient (Wildman–Crippen LogP) is 2.63. The average Bonchev–Trinajstić information content (AvgIpc) is 2.41. The van der Waals surface area contributed by atoms with Crippen LogP contribution >= 0.6 is 11.6 Å². The summed E-state index contributed by atoms with van der Waals surface area (Å²) < 4.78 is 11.0. The first kappa shape index (κ1) is 14.2. The smallest absolute Gasteiger partial charge is 0.252 e. The first-order valence-electron chi connectivity index (χ1n) is 6.46. The molecule has 1 heterocycles. The summed E-state index contributed by atoms with van der Waals surface area (Å²) in [6, 6.07) is 4.91. The zero-order valence-electron chi connectivity index (χ0n) is 10.7. The number of amides is 1. The van der Waals surface area contributed by atoms with Gasteiger partial charge in [0.2, 0.25) is 0 Å². The Labute approximate surface area is 117 Å². The molecule has 0 saturated carbocycles. The van der Waals surface area contributed by atoms with E-state index >= 15 is 0 Å². The second-order valence-corrected chi connectivity index (χ2v) is 5.13. The highest BCUT2D eigenvalue weighted by molar-refractivity contribution is 6.31. The topological polar surface area (TPSA) is 61.6 Å². The van der Waals surface area contributed by atoms with Gasteiger partial charge in [0.25, 0.3) is 5.91 Å². The monoisotopic (exact) mass is 283 g/mol. The van der Waals surface area contributed by atoms with Crippen molar-refractivity contribution in [3.8, 4) is 5.75 Å². The molecule has 0 bridgehead atoms. The molecule has 2 N–H and O–H groups in total. The number of halogens is 1. The molecular formula is C14H18ClNO3. The zero-order valence-corrected chi connectivity index (χ0v) is 11.5. The Balaban J connectivity index is 1.89. The molecule has 1 amide bonds. The molecule has 5 heteroatoms. The van der Waals surface area contributed by atoms with Crippen LogP contribution in [0.3, 0.4) is 0 Å². The molecule has 4 nitrogen and oxygen atoms in total. The SMILES string of the molecule is NC(=O)c1cc(Cl)ccc1OCCC1CCOCC1. The van der Waals surface area contributed by atoms with Gasteiger partial charge in [-0.3, -0.25) is 4.79 Å². The fraction of sp³-hybridized carbons (Fsp3) is 0.500. The molecule has 0 aromatic heterocycles. The van der Waals surface area contributed by atoms with Crippen molar-refractivity contribution in [2.75, 3.05) is 19.8 Å². The number of carbonyl (C=O) groups is 1. The van der Waals surface area contributed by atoms with E-state index in [2.05, 4.69) is 0 Å². The van der Waals surface area contributed by atoms with Crippen molar-refractivity contribution in [3.05, 3.63) is 28.8 Å². The minimum absolute atomic E-state index is 0.333. The van der Waals surface area contributed by atoms with Crippen molar-refractivity contribution >= 4 is 17.5 Å². The van der Waals surface area contributed by atoms with Crippen LogP contribution in [0, 0.1) is 5.92 Å². The Hall–Kier alpha value is -1.26. The molecule has 104 valence electrons. The van der Waals surface area contributed by atoms with E-state index in [1.165, 1.54) is 6.07 Å². The highest BCUT2D eigenvalue weighted by Crippen LogP contribution is 2.24. The van der Waals surface area contributed by atoms with E-state index in [0.717, 1.165) is 32.5 Å². The minimum Gasteiger partial charge on any atom is -0.493 e. The maximum absolute atomic E-state index is 11.3. The van der Waals surface area contributed by atoms with Crippen LogP contribution in [0.25, 0.3) is 0 Å². The summed E-state index contributed by atoms with van der Waals surface area (Å²) in [5, 5.41) is 0.477. The molecular weight excluding hydrogens is 266 g/mol. The summed E-state index contributed by atoms with van der Waals surface area (Å²) in [4.78, 5) is 11.3. The molecule has 1 aliphatic heterocycles. The van der Waals surface area contributed by atoms with Crippen molar-refractivity contribution in [2.24, 2.45) is 11.7 Å². The lowest BCUT2D eigenvalue weighted by Gasteiger charge is -2.22. The van der Waals surface area contributed by atoms with Crippen LogP contribution in [0.2, 0.25) is 5.02 Å². The zero-order chi connectivity index (χ0) is 13.7. The van der Waals surface area contributed by atoms with Crippen LogP contribution in [-0.2, 0) is 4.74 Å². The van der Waals surface area contributed by atoms with Crippen LogP contribution in [0.5, 0.6) is 5.75 Å². The number of rotatable bonds is 5. The van der Waals surface area contributed by atoms with E-state index in [-0.39, 0.29) is 0 Å². The highest BCUT2D eigenvalue weighted by Gasteiger charge is 2.15. The van der Waals surface area contributed by atoms with E-state index in [9.17, 15) is 4.79 Å². The molecule has 1 aliphatic rings. The molecule has 2 rings (SSSR count). The van der Waals surface area contributed by atoms with Crippen molar-refractivity contribution in [2.45, 2.75) is 19.3 Å². The summed E-state index contributed by atoms with van der Waals surface area (Å²) in [5.74, 6) is 0.616. The summed E-state index contributed by atoms with van der Waals surface area (Å²) in [5.41, 5.74) is 5.64. The van der Waals surface area contributed by atoms with Crippen molar-refractivity contribution < 1.29 is 14.3 Å². The van der Waals surface area contributed by atoms with Crippen molar-refractivity contribution in [1.29, 1.82) is 0 Å². The van der Waals surface area contributed by atoms with Gasteiger partial charge in [-0.05, 0) is 43.4 Å². The van der Waals surface area contributed by atoms with E-state index < -0.39 is 5.91 Å². The number of carbonyl (C=O) groups excluding carboxylic acids is 1. The van der Waals surface area contributed by atoms with Gasteiger partial charge in [0.05, 0.1) is 12.2 Å². The van der Waals surface area contributed by atoms with Gasteiger partial charge in [-0.15, -0.1) is 0 Å². The maximum Gasteiger partial charge on any atom is 0.252 e. The average molecular weight is 284 g/mol. The minimum atomic E-state index is -0.524. The van der Waals surface area contributed by atoms with Gasteiger partial charge in [-0.2, -0.15) is 0 Å². The second kappa shape index (κ2) is 6.78. The first-order chi connectivity index (χ1) is 9.16. The Kier molecular flexibility index (Phi) is 5.05. The molecule has 0 spiro atoms. The molecule has 1 saturated heterocycles. The summed E-state index contributed by atoms with van der Waals surface area (Å²) in [7, 11) is 0. The number of nitrogens with two attached hydrogens (primary N) is 1. The van der Waals surface area contributed by atoms with Crippen LogP contribution in [0.4, 0.5) is 0 Å². The van der Waals surface area contributed by atoms with Gasteiger partial charge in [-0.25, -0.2) is 0 Å². The Bertz CT molecular complexity index is 444. The van der Waals surface area contributed by atoms with Gasteiger partial charge >= 0.3 is 0 Å². The molecule has 1 aromatic rings. The molecule has 0 aliphatic carbocycles. The van der Waals surface area contributed by atoms with E-state index in [1.807, 2.05) is 0 Å². The number of ether oxygens (including phenoxy) is 2. The van der Waals surface area contributed by atoms with Crippen LogP contribution in [0.1, 0.15) is 29.6 Å². The molecule has 0 unspecified atom stereocenters. The third kappa shape index (κ3) is 4.11. The number of benzene rings is 1. The van der Waals surface area contributed by atoms with Crippen LogP contribution < -0.4 is 10.5 Å². The third-order valence-electron chi connectivity index (χ3n) is 3.33. The second-order valence-electron chi connectivity index (χ2n) is 4.70. The Morgan fingerprint density at radius 2 is 2.16 bits per heavy atom. The van der Waals surface area contributed by atoms with Crippen LogP contribution in [0.15, 0.2) is 18.2 Å². The maximum atomic E-state index is 11.3. The Morgan fingerprint density at radius 1 is 1.42 bits per heavy atom. The lowest BCUT2D eigenvalue weighted by Crippen LogP contribution is -2.18. The molecule has 1 aromatic carbocycles. The largest absolute Gasteiger partial charge is 0.493 e. The van der Waals surface area contributed by atoms with Gasteiger partial charge in [-0.1, -0.05) is 11.6 Å². The molecule has 19 heavy (non-hydrogen) atoms. The van der Waals surface area contributed by atoms with Gasteiger partial charge in [0.15, 0.2) is 0 Å². The van der Waals surface area contributed by atoms with Gasteiger partial charge < -0.3 is 15.2 Å². The van der Waals surface area contributed by atoms with Gasteiger partial charge in [0.1, 0.15) is 5.75 Å². The standard InChI is InChI=1S/C14H18ClNO3/c15-11-1-2-13(12(9-11)14(16)17)19-8-5-10-3-6-18-7-4-10/h1-2,9-10H,3-8H2,(H2,16,17). The lowest BCUT2D eigenvalue weighted by molar-refractivity contribution is 0.0593. The van der Waals surface area contributed by atoms with Crippen molar-refractivity contribution in [3.63, 3.8) is 0 Å². The van der Waals surface area contributed by atoms with E-state index in [0.29, 0.717) is 28.9 Å². The summed E-state index contributed by atoms with van der Waals surface area (Å²) >= 11 is 5.84. The fourth-order valence-corrected chi connectivity index (χ4v) is 2.36. The number of primary amides is 1. The highest BCUT2D eigenvalue weighted by atomic mass is 35.5. The third-order valence-corrected chi connectivity index (χ3v) is 3.57. The molecule has 0 radical (unpaired) electrons. The lowest BCUT2D eigenvalue weighted by atomic mass is 9.97. The van der Waals surface area contributed by atoms with Gasteiger partial charge in [0, 0.05) is 18.2 Å².